The quantitative estimate of drug-likeness (QED) is 0.438. The molecule has 0 N–H and O–H groups in total. The largest absolute Gasteiger partial charge is 0.455 e. The van der Waals surface area contributed by atoms with Gasteiger partial charge in [0.25, 0.3) is 0 Å². The minimum absolute atomic E-state index is 0.270. The summed E-state index contributed by atoms with van der Waals surface area (Å²) in [5.41, 5.74) is 5.46. The Morgan fingerprint density at radius 1 is 0.917 bits per heavy atom. The summed E-state index contributed by atoms with van der Waals surface area (Å²) in [6.45, 7) is 6.80. The predicted octanol–water partition coefficient (Wildman–Crippen LogP) is 6.24. The van der Waals surface area contributed by atoms with Crippen molar-refractivity contribution in [3.05, 3.63) is 66.4 Å². The van der Waals surface area contributed by atoms with Crippen LogP contribution in [0.5, 0.6) is 0 Å². The fourth-order valence-corrected chi connectivity index (χ4v) is 3.29. The van der Waals surface area contributed by atoms with Crippen molar-refractivity contribution in [2.75, 3.05) is 0 Å². The van der Waals surface area contributed by atoms with Crippen molar-refractivity contribution in [3.63, 3.8) is 0 Å². The second kappa shape index (κ2) is 5.48. The number of nitrogens with zero attached hydrogens (tertiary/aromatic N) is 1. The molecular formula is C22H21NO. The highest BCUT2D eigenvalue weighted by Gasteiger charge is 2.15. The molecule has 0 fully saturated rings. The van der Waals surface area contributed by atoms with Crippen molar-refractivity contribution >= 4 is 21.9 Å². The Kier molecular flexibility index (Phi) is 3.42. The lowest BCUT2D eigenvalue weighted by molar-refractivity contribution is 0.411. The SMILES string of the molecule is CC(C)(C)Cc1ccc2oc3c(-c4ccccn4)cccc3c2c1. The first-order valence-corrected chi connectivity index (χ1v) is 8.37. The summed E-state index contributed by atoms with van der Waals surface area (Å²) in [6, 6.07) is 18.8. The van der Waals surface area contributed by atoms with E-state index in [1.54, 1.807) is 0 Å². The van der Waals surface area contributed by atoms with Gasteiger partial charge in [0.15, 0.2) is 0 Å². The fourth-order valence-electron chi connectivity index (χ4n) is 3.29. The summed E-state index contributed by atoms with van der Waals surface area (Å²) in [5, 5.41) is 2.34. The van der Waals surface area contributed by atoms with Crippen molar-refractivity contribution in [1.82, 2.24) is 4.98 Å². The van der Waals surface area contributed by atoms with Crippen LogP contribution in [0.2, 0.25) is 0 Å². The lowest BCUT2D eigenvalue weighted by Crippen LogP contribution is -2.08. The van der Waals surface area contributed by atoms with Crippen molar-refractivity contribution in [2.24, 2.45) is 5.41 Å². The molecule has 0 amide bonds. The highest BCUT2D eigenvalue weighted by atomic mass is 16.3. The molecule has 0 saturated carbocycles. The first-order chi connectivity index (χ1) is 11.5. The maximum atomic E-state index is 6.18. The summed E-state index contributed by atoms with van der Waals surface area (Å²) in [6.07, 6.45) is 2.87. The van der Waals surface area contributed by atoms with Crippen molar-refractivity contribution in [1.29, 1.82) is 0 Å². The predicted molar refractivity (Wildman–Crippen MR) is 100 cm³/mol. The standard InChI is InChI=1S/C22H21NO/c1-22(2,3)14-15-10-11-20-18(13-15)16-7-6-8-17(21(16)24-20)19-9-4-5-12-23-19/h4-13H,14H2,1-3H3. The van der Waals surface area contributed by atoms with Crippen LogP contribution in [0.3, 0.4) is 0 Å². The first kappa shape index (κ1) is 14.9. The topological polar surface area (TPSA) is 26.0 Å². The minimum atomic E-state index is 0.270. The van der Waals surface area contributed by atoms with Crippen LogP contribution >= 0.6 is 0 Å². The molecule has 24 heavy (non-hydrogen) atoms. The molecule has 0 aliphatic rings. The van der Waals surface area contributed by atoms with Crippen LogP contribution in [0.1, 0.15) is 26.3 Å². The maximum Gasteiger partial charge on any atom is 0.144 e. The van der Waals surface area contributed by atoms with E-state index in [0.717, 1.165) is 34.2 Å². The Labute approximate surface area is 142 Å². The number of fused-ring (bicyclic) bond motifs is 3. The molecule has 0 aliphatic heterocycles. The monoisotopic (exact) mass is 315 g/mol. The zero-order valence-corrected chi connectivity index (χ0v) is 14.3. The van der Waals surface area contributed by atoms with Gasteiger partial charge in [-0.05, 0) is 47.7 Å². The van der Waals surface area contributed by atoms with Gasteiger partial charge in [-0.15, -0.1) is 0 Å². The summed E-state index contributed by atoms with van der Waals surface area (Å²) in [7, 11) is 0. The van der Waals surface area contributed by atoms with Crippen LogP contribution in [0, 0.1) is 5.41 Å². The van der Waals surface area contributed by atoms with Gasteiger partial charge in [0.05, 0.1) is 5.69 Å². The molecule has 2 aromatic heterocycles. The highest BCUT2D eigenvalue weighted by Crippen LogP contribution is 2.36. The number of aromatic nitrogens is 1. The van der Waals surface area contributed by atoms with E-state index in [4.69, 9.17) is 4.42 Å². The third-order valence-electron chi connectivity index (χ3n) is 4.24. The molecule has 4 rings (SSSR count). The Bertz CT molecular complexity index is 1010. The molecule has 2 nitrogen and oxygen atoms in total. The maximum absolute atomic E-state index is 6.18. The molecule has 120 valence electrons. The Morgan fingerprint density at radius 2 is 1.79 bits per heavy atom. The van der Waals surface area contributed by atoms with E-state index in [1.165, 1.54) is 10.9 Å². The van der Waals surface area contributed by atoms with Gasteiger partial charge in [-0.2, -0.15) is 0 Å². The third-order valence-corrected chi connectivity index (χ3v) is 4.24. The number of hydrogen-bond donors (Lipinski definition) is 0. The Morgan fingerprint density at radius 3 is 2.54 bits per heavy atom. The van der Waals surface area contributed by atoms with Crippen LogP contribution in [0.15, 0.2) is 65.2 Å². The van der Waals surface area contributed by atoms with Crippen LogP contribution < -0.4 is 0 Å². The molecule has 0 saturated heterocycles. The Hall–Kier alpha value is -2.61. The lowest BCUT2D eigenvalue weighted by atomic mass is 9.88. The van der Waals surface area contributed by atoms with Crippen molar-refractivity contribution in [3.8, 4) is 11.3 Å². The summed E-state index contributed by atoms with van der Waals surface area (Å²) >= 11 is 0. The Balaban J connectivity index is 1.92. The van der Waals surface area contributed by atoms with E-state index in [1.807, 2.05) is 24.4 Å². The molecule has 0 radical (unpaired) electrons. The van der Waals surface area contributed by atoms with Gasteiger partial charge in [-0.1, -0.05) is 45.0 Å². The van der Waals surface area contributed by atoms with E-state index in [2.05, 4.69) is 62.2 Å². The average Bonchev–Trinajstić information content (AvgIpc) is 2.92. The molecular weight excluding hydrogens is 294 g/mol. The number of benzene rings is 2. The summed E-state index contributed by atoms with van der Waals surface area (Å²) in [4.78, 5) is 4.48. The number of pyridine rings is 1. The zero-order valence-electron chi connectivity index (χ0n) is 14.3. The number of furan rings is 1. The van der Waals surface area contributed by atoms with Crippen LogP contribution in [-0.2, 0) is 6.42 Å². The van der Waals surface area contributed by atoms with Crippen LogP contribution in [0.25, 0.3) is 33.2 Å². The van der Waals surface area contributed by atoms with Gasteiger partial charge in [0.1, 0.15) is 11.2 Å². The van der Waals surface area contributed by atoms with Gasteiger partial charge >= 0.3 is 0 Å². The summed E-state index contributed by atoms with van der Waals surface area (Å²) < 4.78 is 6.18. The van der Waals surface area contributed by atoms with E-state index >= 15 is 0 Å². The average molecular weight is 315 g/mol. The molecule has 4 aromatic rings. The van der Waals surface area contributed by atoms with Crippen LogP contribution in [-0.4, -0.2) is 4.98 Å². The van der Waals surface area contributed by atoms with E-state index in [0.29, 0.717) is 0 Å². The molecule has 0 bridgehead atoms. The number of hydrogen-bond acceptors (Lipinski definition) is 2. The molecule has 0 spiro atoms. The molecule has 0 unspecified atom stereocenters. The number of para-hydroxylation sites is 1. The normalized spacial score (nSPS) is 12.1. The van der Waals surface area contributed by atoms with E-state index in [-0.39, 0.29) is 5.41 Å². The minimum Gasteiger partial charge on any atom is -0.455 e. The first-order valence-electron chi connectivity index (χ1n) is 8.37. The highest BCUT2D eigenvalue weighted by molar-refractivity contribution is 6.09. The van der Waals surface area contributed by atoms with E-state index in [9.17, 15) is 0 Å². The smallest absolute Gasteiger partial charge is 0.144 e. The second-order valence-electron chi connectivity index (χ2n) is 7.57. The van der Waals surface area contributed by atoms with Crippen LogP contribution in [0.4, 0.5) is 0 Å². The van der Waals surface area contributed by atoms with Gasteiger partial charge in [0, 0.05) is 22.5 Å². The second-order valence-corrected chi connectivity index (χ2v) is 7.57. The number of rotatable bonds is 2. The lowest BCUT2D eigenvalue weighted by Gasteiger charge is -2.17. The van der Waals surface area contributed by atoms with Gasteiger partial charge in [-0.3, -0.25) is 4.98 Å². The summed E-state index contributed by atoms with van der Waals surface area (Å²) in [5.74, 6) is 0. The fraction of sp³-hybridized carbons (Fsp3) is 0.227. The van der Waals surface area contributed by atoms with E-state index < -0.39 is 0 Å². The van der Waals surface area contributed by atoms with Gasteiger partial charge in [-0.25, -0.2) is 0 Å². The molecule has 0 aliphatic carbocycles. The van der Waals surface area contributed by atoms with Gasteiger partial charge < -0.3 is 4.42 Å². The van der Waals surface area contributed by atoms with Crippen molar-refractivity contribution < 1.29 is 4.42 Å². The molecule has 2 heteroatoms. The zero-order chi connectivity index (χ0) is 16.7. The third kappa shape index (κ3) is 2.69. The molecule has 2 aromatic carbocycles. The van der Waals surface area contributed by atoms with Crippen molar-refractivity contribution in [2.45, 2.75) is 27.2 Å². The molecule has 2 heterocycles. The molecule has 0 atom stereocenters. The van der Waals surface area contributed by atoms with Gasteiger partial charge in [0.2, 0.25) is 0 Å².